The van der Waals surface area contributed by atoms with Crippen LogP contribution in [0, 0.1) is 5.82 Å². The molecule has 0 atom stereocenters. The number of fused-ring (bicyclic) bond motifs is 1. The number of hydrogen-bond acceptors (Lipinski definition) is 3. The lowest BCUT2D eigenvalue weighted by Gasteiger charge is -2.20. The van der Waals surface area contributed by atoms with E-state index >= 15 is 0 Å². The number of amides is 1. The van der Waals surface area contributed by atoms with E-state index in [9.17, 15) is 14.0 Å². The maximum Gasteiger partial charge on any atom is 0.258 e. The Kier molecular flexibility index (Phi) is 4.37. The average molecular weight is 325 g/mol. The van der Waals surface area contributed by atoms with Crippen molar-refractivity contribution >= 4 is 16.8 Å². The maximum atomic E-state index is 13.3. The molecule has 3 rings (SSSR count). The molecule has 0 saturated heterocycles. The van der Waals surface area contributed by atoms with Crippen molar-refractivity contribution in [3.05, 3.63) is 76.1 Å². The summed E-state index contributed by atoms with van der Waals surface area (Å²) in [6.07, 6.45) is 0. The molecule has 0 bridgehead atoms. The third-order valence-corrected chi connectivity index (χ3v) is 3.74. The number of aromatic nitrogens is 2. The summed E-state index contributed by atoms with van der Waals surface area (Å²) in [4.78, 5) is 33.2. The van der Waals surface area contributed by atoms with Crippen molar-refractivity contribution in [1.82, 2.24) is 14.9 Å². The molecule has 6 heteroatoms. The average Bonchev–Trinajstić information content (AvgIpc) is 2.59. The fourth-order valence-electron chi connectivity index (χ4n) is 2.52. The summed E-state index contributed by atoms with van der Waals surface area (Å²) in [6.45, 7) is 2.37. The van der Waals surface area contributed by atoms with Gasteiger partial charge in [-0.3, -0.25) is 9.59 Å². The fourth-order valence-corrected chi connectivity index (χ4v) is 2.52. The van der Waals surface area contributed by atoms with E-state index in [0.717, 1.165) is 0 Å². The molecule has 0 spiro atoms. The van der Waals surface area contributed by atoms with Gasteiger partial charge in [0.05, 0.1) is 17.4 Å². The molecule has 1 N–H and O–H groups in total. The monoisotopic (exact) mass is 325 g/mol. The van der Waals surface area contributed by atoms with E-state index in [1.165, 1.54) is 23.1 Å². The molecule has 24 heavy (non-hydrogen) atoms. The molecule has 1 heterocycles. The zero-order valence-electron chi connectivity index (χ0n) is 13.1. The SMILES string of the molecule is CCN(Cc1nc2ccccc2c(=O)[nH]1)C(=O)c1cccc(F)c1. The minimum Gasteiger partial charge on any atom is -0.331 e. The zero-order chi connectivity index (χ0) is 17.1. The molecule has 0 radical (unpaired) electrons. The van der Waals surface area contributed by atoms with Crippen molar-refractivity contribution in [3.63, 3.8) is 0 Å². The number of rotatable bonds is 4. The molecule has 3 aromatic rings. The summed E-state index contributed by atoms with van der Waals surface area (Å²) in [5.41, 5.74) is 0.593. The smallest absolute Gasteiger partial charge is 0.258 e. The van der Waals surface area contributed by atoms with Crippen molar-refractivity contribution in [1.29, 1.82) is 0 Å². The van der Waals surface area contributed by atoms with Crippen LogP contribution in [-0.4, -0.2) is 27.3 Å². The Bertz CT molecular complexity index is 952. The van der Waals surface area contributed by atoms with Crippen LogP contribution >= 0.6 is 0 Å². The van der Waals surface area contributed by atoms with E-state index in [2.05, 4.69) is 9.97 Å². The highest BCUT2D eigenvalue weighted by atomic mass is 19.1. The maximum absolute atomic E-state index is 13.3. The van der Waals surface area contributed by atoms with E-state index in [1.807, 2.05) is 6.92 Å². The first-order valence-corrected chi connectivity index (χ1v) is 7.61. The van der Waals surface area contributed by atoms with Crippen LogP contribution in [0.15, 0.2) is 53.3 Å². The molecule has 1 aromatic heterocycles. The second kappa shape index (κ2) is 6.62. The van der Waals surface area contributed by atoms with Crippen LogP contribution < -0.4 is 5.56 Å². The summed E-state index contributed by atoms with van der Waals surface area (Å²) in [5.74, 6) is -0.382. The first-order valence-electron chi connectivity index (χ1n) is 7.61. The van der Waals surface area contributed by atoms with Crippen LogP contribution in [-0.2, 0) is 6.54 Å². The van der Waals surface area contributed by atoms with Crippen molar-refractivity contribution < 1.29 is 9.18 Å². The first kappa shape index (κ1) is 15.9. The molecule has 2 aromatic carbocycles. The lowest BCUT2D eigenvalue weighted by Crippen LogP contribution is -2.32. The van der Waals surface area contributed by atoms with Crippen molar-refractivity contribution in [2.24, 2.45) is 0 Å². The lowest BCUT2D eigenvalue weighted by molar-refractivity contribution is 0.0748. The Morgan fingerprint density at radius 1 is 1.21 bits per heavy atom. The predicted octanol–water partition coefficient (Wildman–Crippen LogP) is 2.72. The van der Waals surface area contributed by atoms with Gasteiger partial charge in [-0.15, -0.1) is 0 Å². The highest BCUT2D eigenvalue weighted by Crippen LogP contribution is 2.11. The predicted molar refractivity (Wildman–Crippen MR) is 89.2 cm³/mol. The second-order valence-electron chi connectivity index (χ2n) is 5.36. The first-order chi connectivity index (χ1) is 11.6. The molecular weight excluding hydrogens is 309 g/mol. The van der Waals surface area contributed by atoms with Crippen LogP contribution in [0.2, 0.25) is 0 Å². The van der Waals surface area contributed by atoms with Crippen LogP contribution in [0.5, 0.6) is 0 Å². The number of carbonyl (C=O) groups is 1. The van der Waals surface area contributed by atoms with Crippen LogP contribution in [0.25, 0.3) is 10.9 Å². The number of hydrogen-bond donors (Lipinski definition) is 1. The van der Waals surface area contributed by atoms with Crippen molar-refractivity contribution in [3.8, 4) is 0 Å². The molecule has 122 valence electrons. The van der Waals surface area contributed by atoms with Gasteiger partial charge in [-0.2, -0.15) is 0 Å². The normalized spacial score (nSPS) is 10.8. The quantitative estimate of drug-likeness (QED) is 0.802. The van der Waals surface area contributed by atoms with Crippen LogP contribution in [0.1, 0.15) is 23.1 Å². The number of nitrogens with zero attached hydrogens (tertiary/aromatic N) is 2. The molecule has 0 saturated carbocycles. The molecule has 0 aliphatic rings. The summed E-state index contributed by atoms with van der Waals surface area (Å²) < 4.78 is 13.3. The standard InChI is InChI=1S/C18H16FN3O2/c1-2-22(18(24)12-6-5-7-13(19)10-12)11-16-20-15-9-4-3-8-14(15)17(23)21-16/h3-10H,2,11H2,1H3,(H,20,21,23). The van der Waals surface area contributed by atoms with Crippen molar-refractivity contribution in [2.75, 3.05) is 6.54 Å². The summed E-state index contributed by atoms with van der Waals surface area (Å²) in [7, 11) is 0. The number of aromatic amines is 1. The van der Waals surface area contributed by atoms with Gasteiger partial charge >= 0.3 is 0 Å². The Morgan fingerprint density at radius 3 is 2.75 bits per heavy atom. The van der Waals surface area contributed by atoms with Crippen LogP contribution in [0.3, 0.4) is 0 Å². The molecule has 1 amide bonds. The highest BCUT2D eigenvalue weighted by molar-refractivity contribution is 5.94. The second-order valence-corrected chi connectivity index (χ2v) is 5.36. The van der Waals surface area contributed by atoms with Gasteiger partial charge in [-0.05, 0) is 37.3 Å². The van der Waals surface area contributed by atoms with Gasteiger partial charge in [0.15, 0.2) is 0 Å². The van der Waals surface area contributed by atoms with Gasteiger partial charge in [0.1, 0.15) is 11.6 Å². The van der Waals surface area contributed by atoms with E-state index in [0.29, 0.717) is 23.3 Å². The molecular formula is C18H16FN3O2. The number of halogens is 1. The van der Waals surface area contributed by atoms with Gasteiger partial charge < -0.3 is 9.88 Å². The Balaban J connectivity index is 1.90. The number of carbonyl (C=O) groups excluding carboxylic acids is 1. The molecule has 0 unspecified atom stereocenters. The summed E-state index contributed by atoms with van der Waals surface area (Å²) >= 11 is 0. The number of para-hydroxylation sites is 1. The Morgan fingerprint density at radius 2 is 2.00 bits per heavy atom. The number of nitrogens with one attached hydrogen (secondary N) is 1. The van der Waals surface area contributed by atoms with E-state index in [-0.39, 0.29) is 23.6 Å². The molecule has 0 aliphatic carbocycles. The third kappa shape index (κ3) is 3.17. The van der Waals surface area contributed by atoms with Gasteiger partial charge in [-0.25, -0.2) is 9.37 Å². The third-order valence-electron chi connectivity index (χ3n) is 3.74. The van der Waals surface area contributed by atoms with Crippen LogP contribution in [0.4, 0.5) is 4.39 Å². The van der Waals surface area contributed by atoms with E-state index in [1.54, 1.807) is 30.3 Å². The highest BCUT2D eigenvalue weighted by Gasteiger charge is 2.16. The lowest BCUT2D eigenvalue weighted by atomic mass is 10.2. The Hall–Kier alpha value is -3.02. The summed E-state index contributed by atoms with van der Waals surface area (Å²) in [6, 6.07) is 12.5. The molecule has 0 aliphatic heterocycles. The minimum absolute atomic E-state index is 0.145. The van der Waals surface area contributed by atoms with Gasteiger partial charge in [0.2, 0.25) is 0 Å². The van der Waals surface area contributed by atoms with Gasteiger partial charge in [-0.1, -0.05) is 18.2 Å². The minimum atomic E-state index is -0.464. The topological polar surface area (TPSA) is 66.1 Å². The Labute approximate surface area is 137 Å². The fraction of sp³-hybridized carbons (Fsp3) is 0.167. The molecule has 0 fully saturated rings. The van der Waals surface area contributed by atoms with Gasteiger partial charge in [0.25, 0.3) is 11.5 Å². The summed E-state index contributed by atoms with van der Waals surface area (Å²) in [5, 5.41) is 0.501. The van der Waals surface area contributed by atoms with Crippen molar-refractivity contribution in [2.45, 2.75) is 13.5 Å². The van der Waals surface area contributed by atoms with E-state index < -0.39 is 5.82 Å². The number of H-pyrrole nitrogens is 1. The zero-order valence-corrected chi connectivity index (χ0v) is 13.1. The van der Waals surface area contributed by atoms with E-state index in [4.69, 9.17) is 0 Å². The molecule has 5 nitrogen and oxygen atoms in total. The largest absolute Gasteiger partial charge is 0.331 e. The number of benzene rings is 2. The van der Waals surface area contributed by atoms with Gasteiger partial charge in [0, 0.05) is 12.1 Å².